The molecule has 0 saturated carbocycles. The summed E-state index contributed by atoms with van der Waals surface area (Å²) >= 11 is 0. The maximum Gasteiger partial charge on any atom is 0.339 e. The highest BCUT2D eigenvalue weighted by molar-refractivity contribution is 6.05. The average molecular weight is 431 g/mol. The lowest BCUT2D eigenvalue weighted by molar-refractivity contribution is -0.125. The van der Waals surface area contributed by atoms with Gasteiger partial charge in [0.05, 0.1) is 23.7 Å². The van der Waals surface area contributed by atoms with Crippen LogP contribution in [0.4, 0.5) is 0 Å². The second-order valence-corrected chi connectivity index (χ2v) is 8.51. The maximum absolute atomic E-state index is 13.2. The molecule has 0 bridgehead atoms. The van der Waals surface area contributed by atoms with Gasteiger partial charge in [0.15, 0.2) is 6.61 Å². The van der Waals surface area contributed by atoms with E-state index in [0.717, 1.165) is 64.7 Å². The van der Waals surface area contributed by atoms with Crippen molar-refractivity contribution in [3.63, 3.8) is 0 Å². The number of hydrogen-bond acceptors (Lipinski definition) is 5. The summed E-state index contributed by atoms with van der Waals surface area (Å²) in [4.78, 5) is 30.6. The van der Waals surface area contributed by atoms with E-state index in [0.29, 0.717) is 18.6 Å². The van der Waals surface area contributed by atoms with Crippen LogP contribution < -0.4 is 10.1 Å². The van der Waals surface area contributed by atoms with Crippen LogP contribution in [-0.4, -0.2) is 30.1 Å². The number of carbonyl (C=O) groups is 2. The summed E-state index contributed by atoms with van der Waals surface area (Å²) in [6.07, 6.45) is 4.44. The lowest BCUT2D eigenvalue weighted by Crippen LogP contribution is -2.35. The molecular weight excluding hydrogens is 404 g/mol. The van der Waals surface area contributed by atoms with E-state index in [-0.39, 0.29) is 18.6 Å². The summed E-state index contributed by atoms with van der Waals surface area (Å²) in [5, 5.41) is 3.78. The number of nitrogens with one attached hydrogen (secondary N) is 1. The number of pyridine rings is 1. The minimum atomic E-state index is -0.455. The van der Waals surface area contributed by atoms with Crippen molar-refractivity contribution >= 4 is 22.8 Å². The van der Waals surface area contributed by atoms with E-state index in [1.807, 2.05) is 49.4 Å². The fraction of sp³-hybridized carbons (Fsp3) is 0.346. The Morgan fingerprint density at radius 3 is 2.91 bits per heavy atom. The number of nitrogens with zero attached hydrogens (tertiary/aromatic N) is 1. The summed E-state index contributed by atoms with van der Waals surface area (Å²) in [6, 6.07) is 13.5. The molecule has 2 aliphatic rings. The number of amides is 1. The molecule has 1 atom stereocenters. The highest BCUT2D eigenvalue weighted by Crippen LogP contribution is 2.32. The van der Waals surface area contributed by atoms with Crippen molar-refractivity contribution < 1.29 is 19.1 Å². The van der Waals surface area contributed by atoms with Crippen LogP contribution in [0, 0.1) is 6.92 Å². The minimum Gasteiger partial charge on any atom is -0.493 e. The molecule has 0 spiro atoms. The molecule has 0 fully saturated rings. The molecule has 6 heteroatoms. The van der Waals surface area contributed by atoms with Gasteiger partial charge in [-0.15, -0.1) is 0 Å². The van der Waals surface area contributed by atoms with Gasteiger partial charge >= 0.3 is 5.97 Å². The van der Waals surface area contributed by atoms with Gasteiger partial charge < -0.3 is 14.8 Å². The molecule has 1 aromatic heterocycles. The van der Waals surface area contributed by atoms with Crippen LogP contribution in [0.1, 0.15) is 58.0 Å². The smallest absolute Gasteiger partial charge is 0.339 e. The third-order valence-corrected chi connectivity index (χ3v) is 6.25. The summed E-state index contributed by atoms with van der Waals surface area (Å²) in [6.45, 7) is 2.21. The fourth-order valence-corrected chi connectivity index (χ4v) is 4.70. The number of esters is 1. The first kappa shape index (κ1) is 20.5. The third kappa shape index (κ3) is 3.93. The molecule has 1 aliphatic heterocycles. The molecule has 1 N–H and O–H groups in total. The number of rotatable bonds is 4. The Morgan fingerprint density at radius 1 is 1.16 bits per heavy atom. The van der Waals surface area contributed by atoms with Gasteiger partial charge in [0, 0.05) is 23.1 Å². The van der Waals surface area contributed by atoms with Crippen molar-refractivity contribution in [2.24, 2.45) is 0 Å². The summed E-state index contributed by atoms with van der Waals surface area (Å²) in [7, 11) is 0. The zero-order valence-corrected chi connectivity index (χ0v) is 18.1. The van der Waals surface area contributed by atoms with Gasteiger partial charge in [-0.1, -0.05) is 29.8 Å². The molecule has 0 saturated heterocycles. The van der Waals surface area contributed by atoms with Gasteiger partial charge in [0.1, 0.15) is 5.75 Å². The number of benzene rings is 2. The summed E-state index contributed by atoms with van der Waals surface area (Å²) < 4.78 is 11.2. The Kier molecular flexibility index (Phi) is 5.52. The predicted octanol–water partition coefficient (Wildman–Crippen LogP) is 4.22. The Bertz CT molecular complexity index is 1200. The first-order valence-electron chi connectivity index (χ1n) is 11.2. The number of fused-ring (bicyclic) bond motifs is 3. The van der Waals surface area contributed by atoms with Gasteiger partial charge in [0.2, 0.25) is 0 Å². The zero-order valence-electron chi connectivity index (χ0n) is 18.1. The number of para-hydroxylation sites is 1. The van der Waals surface area contributed by atoms with Gasteiger partial charge in [-0.2, -0.15) is 0 Å². The zero-order chi connectivity index (χ0) is 22.1. The number of hydrogen-bond donors (Lipinski definition) is 1. The second-order valence-electron chi connectivity index (χ2n) is 8.51. The highest BCUT2D eigenvalue weighted by atomic mass is 16.5. The Labute approximate surface area is 186 Å². The Balaban J connectivity index is 1.35. The van der Waals surface area contributed by atoms with Crippen molar-refractivity contribution in [2.45, 2.75) is 45.1 Å². The van der Waals surface area contributed by atoms with Crippen molar-refractivity contribution in [2.75, 3.05) is 13.2 Å². The van der Waals surface area contributed by atoms with E-state index in [1.165, 1.54) is 0 Å². The van der Waals surface area contributed by atoms with E-state index in [2.05, 4.69) is 5.32 Å². The van der Waals surface area contributed by atoms with Crippen molar-refractivity contribution in [1.29, 1.82) is 0 Å². The second kappa shape index (κ2) is 8.61. The van der Waals surface area contributed by atoms with E-state index in [9.17, 15) is 9.59 Å². The van der Waals surface area contributed by atoms with Crippen LogP contribution >= 0.6 is 0 Å². The highest BCUT2D eigenvalue weighted by Gasteiger charge is 2.26. The predicted molar refractivity (Wildman–Crippen MR) is 121 cm³/mol. The quantitative estimate of drug-likeness (QED) is 0.627. The average Bonchev–Trinajstić information content (AvgIpc) is 2.81. The number of carbonyl (C=O) groups excluding carboxylic acids is 2. The summed E-state index contributed by atoms with van der Waals surface area (Å²) in [5.41, 5.74) is 5.31. The van der Waals surface area contributed by atoms with Crippen LogP contribution in [0.2, 0.25) is 0 Å². The first-order valence-corrected chi connectivity index (χ1v) is 11.2. The molecule has 3 aromatic rings. The Hall–Kier alpha value is -3.41. The molecule has 1 amide bonds. The van der Waals surface area contributed by atoms with E-state index in [4.69, 9.17) is 14.5 Å². The lowest BCUT2D eigenvalue weighted by atomic mass is 9.89. The van der Waals surface area contributed by atoms with Crippen LogP contribution in [0.5, 0.6) is 5.75 Å². The number of aryl methyl sites for hydroxylation is 2. The third-order valence-electron chi connectivity index (χ3n) is 6.25. The molecule has 1 unspecified atom stereocenters. The maximum atomic E-state index is 13.2. The molecule has 2 heterocycles. The largest absolute Gasteiger partial charge is 0.493 e. The number of ether oxygens (including phenoxy) is 2. The minimum absolute atomic E-state index is 0.150. The van der Waals surface area contributed by atoms with Crippen LogP contribution in [0.15, 0.2) is 42.5 Å². The van der Waals surface area contributed by atoms with Crippen molar-refractivity contribution in [3.05, 3.63) is 70.4 Å². The first-order chi connectivity index (χ1) is 15.6. The van der Waals surface area contributed by atoms with Gasteiger partial charge in [-0.05, 0) is 56.4 Å². The van der Waals surface area contributed by atoms with Crippen LogP contribution in [0.3, 0.4) is 0 Å². The molecule has 5 rings (SSSR count). The normalized spacial score (nSPS) is 17.1. The van der Waals surface area contributed by atoms with Crippen molar-refractivity contribution in [1.82, 2.24) is 10.3 Å². The van der Waals surface area contributed by atoms with E-state index >= 15 is 0 Å². The SMILES string of the molecule is Cc1ccc2nc3c(c(C(=O)OCC(=O)NC4CCOc5ccccc54)c2c1)CCCC3. The summed E-state index contributed by atoms with van der Waals surface area (Å²) in [5.74, 6) is 0.0124. The topological polar surface area (TPSA) is 77.5 Å². The number of aromatic nitrogens is 1. The Morgan fingerprint density at radius 2 is 2.00 bits per heavy atom. The molecule has 164 valence electrons. The van der Waals surface area contributed by atoms with Gasteiger partial charge in [0.25, 0.3) is 5.91 Å². The molecule has 1 aliphatic carbocycles. The van der Waals surface area contributed by atoms with Crippen LogP contribution in [0.25, 0.3) is 10.9 Å². The van der Waals surface area contributed by atoms with Gasteiger partial charge in [-0.3, -0.25) is 9.78 Å². The molecule has 0 radical (unpaired) electrons. The fourth-order valence-electron chi connectivity index (χ4n) is 4.70. The monoisotopic (exact) mass is 430 g/mol. The van der Waals surface area contributed by atoms with E-state index in [1.54, 1.807) is 0 Å². The van der Waals surface area contributed by atoms with Gasteiger partial charge in [-0.25, -0.2) is 4.79 Å². The molecule has 2 aromatic carbocycles. The molecule has 6 nitrogen and oxygen atoms in total. The lowest BCUT2D eigenvalue weighted by Gasteiger charge is -2.26. The standard InChI is InChI=1S/C26H26N2O4/c1-16-10-11-21-19(14-16)25(18-7-2-4-8-20(18)27-21)26(30)32-15-24(29)28-22-12-13-31-23-9-5-3-6-17(22)23/h3,5-6,9-11,14,22H,2,4,7-8,12-13,15H2,1H3,(H,28,29). The molecular formula is C26H26N2O4. The van der Waals surface area contributed by atoms with Crippen molar-refractivity contribution in [3.8, 4) is 5.75 Å². The van der Waals surface area contributed by atoms with Crippen LogP contribution in [-0.2, 0) is 22.4 Å². The van der Waals surface area contributed by atoms with E-state index < -0.39 is 5.97 Å². The molecule has 32 heavy (non-hydrogen) atoms.